The smallest absolute Gasteiger partial charge is 0.310 e. The fraction of sp³-hybridized carbons (Fsp3) is 0.406. The summed E-state index contributed by atoms with van der Waals surface area (Å²) in [6.45, 7) is 5.55. The van der Waals surface area contributed by atoms with E-state index in [1.807, 2.05) is 48.5 Å². The molecular weight excluding hydrogens is 512 g/mol. The molecule has 0 bridgehead atoms. The van der Waals surface area contributed by atoms with Crippen molar-refractivity contribution in [1.82, 2.24) is 0 Å². The second kappa shape index (κ2) is 14.2. The van der Waals surface area contributed by atoms with E-state index in [2.05, 4.69) is 12.1 Å². The number of hydrogen-bond acceptors (Lipinski definition) is 6. The molecule has 0 aliphatic rings. The molecule has 6 nitrogen and oxygen atoms in total. The molecule has 0 N–H and O–H groups in total. The highest BCUT2D eigenvalue weighted by Crippen LogP contribution is 2.31. The standard InChI is InChI=1S/C32H40O6S/c1-32(2,3)38-31(33)29(23-24-37-27-16-9-6-10-17-27)30(18-12-11-15-25-13-7-5-8-14-25)39(34,35)28-21-19-26(36-4)20-22-28/h5-10,13-14,16-17,19-22,29-30H,11-12,15,18,23-24H2,1-4H3/t29-,30+/m0/s1. The first kappa shape index (κ1) is 30.2. The van der Waals surface area contributed by atoms with Crippen molar-refractivity contribution in [1.29, 1.82) is 0 Å². The van der Waals surface area contributed by atoms with E-state index in [0.29, 0.717) is 24.3 Å². The van der Waals surface area contributed by atoms with Crippen LogP contribution >= 0.6 is 0 Å². The molecule has 0 heterocycles. The second-order valence-corrected chi connectivity index (χ2v) is 12.7. The molecule has 39 heavy (non-hydrogen) atoms. The van der Waals surface area contributed by atoms with Crippen molar-refractivity contribution >= 4 is 15.8 Å². The molecule has 0 saturated carbocycles. The molecule has 7 heteroatoms. The number of unbranched alkanes of at least 4 members (excludes halogenated alkanes) is 1. The SMILES string of the molecule is COc1ccc(S(=O)(=O)[C@H](CCCCc2ccccc2)[C@H](CCOc2ccccc2)C(=O)OC(C)(C)C)cc1. The van der Waals surface area contributed by atoms with E-state index < -0.39 is 32.6 Å². The molecule has 0 radical (unpaired) electrons. The fourth-order valence-electron chi connectivity index (χ4n) is 4.49. The number of para-hydroxylation sites is 1. The van der Waals surface area contributed by atoms with Gasteiger partial charge >= 0.3 is 5.97 Å². The minimum Gasteiger partial charge on any atom is -0.497 e. The van der Waals surface area contributed by atoms with Gasteiger partial charge in [-0.1, -0.05) is 55.0 Å². The van der Waals surface area contributed by atoms with Crippen LogP contribution in [0, 0.1) is 5.92 Å². The minimum absolute atomic E-state index is 0.161. The third-order valence-electron chi connectivity index (χ3n) is 6.43. The molecule has 0 aliphatic carbocycles. The summed E-state index contributed by atoms with van der Waals surface area (Å²) in [5.41, 5.74) is 0.448. The zero-order valence-electron chi connectivity index (χ0n) is 23.3. The molecule has 210 valence electrons. The highest BCUT2D eigenvalue weighted by molar-refractivity contribution is 7.92. The zero-order chi connectivity index (χ0) is 28.3. The van der Waals surface area contributed by atoms with Crippen LogP contribution in [-0.2, 0) is 25.8 Å². The molecule has 0 saturated heterocycles. The van der Waals surface area contributed by atoms with Gasteiger partial charge in [0.1, 0.15) is 17.1 Å². The molecule has 0 fully saturated rings. The average molecular weight is 553 g/mol. The van der Waals surface area contributed by atoms with Gasteiger partial charge in [0.2, 0.25) is 0 Å². The normalized spacial score (nSPS) is 13.3. The Kier molecular flexibility index (Phi) is 11.0. The van der Waals surface area contributed by atoms with Crippen LogP contribution in [-0.4, -0.2) is 39.0 Å². The van der Waals surface area contributed by atoms with Gasteiger partial charge in [-0.15, -0.1) is 0 Å². The molecule has 3 aromatic rings. The van der Waals surface area contributed by atoms with Crippen LogP contribution in [0.4, 0.5) is 0 Å². The number of hydrogen-bond donors (Lipinski definition) is 0. The van der Waals surface area contributed by atoms with Crippen LogP contribution in [0.3, 0.4) is 0 Å². The molecule has 3 rings (SSSR count). The van der Waals surface area contributed by atoms with Crippen LogP contribution in [0.2, 0.25) is 0 Å². The van der Waals surface area contributed by atoms with E-state index >= 15 is 0 Å². The maximum Gasteiger partial charge on any atom is 0.310 e. The number of methoxy groups -OCH3 is 1. The maximum absolute atomic E-state index is 14.1. The minimum atomic E-state index is -3.88. The summed E-state index contributed by atoms with van der Waals surface area (Å²) in [6.07, 6.45) is 2.83. The van der Waals surface area contributed by atoms with Gasteiger partial charge in [-0.3, -0.25) is 4.79 Å². The van der Waals surface area contributed by atoms with Gasteiger partial charge in [-0.05, 0) is 88.4 Å². The Morgan fingerprint density at radius 1 is 0.795 bits per heavy atom. The molecule has 0 aromatic heterocycles. The van der Waals surface area contributed by atoms with E-state index in [9.17, 15) is 13.2 Å². The van der Waals surface area contributed by atoms with E-state index in [0.717, 1.165) is 12.8 Å². The summed E-state index contributed by atoms with van der Waals surface area (Å²) in [7, 11) is -2.35. The second-order valence-electron chi connectivity index (χ2n) is 10.6. The monoisotopic (exact) mass is 552 g/mol. The Bertz CT molecular complexity index is 1250. The maximum atomic E-state index is 14.1. The van der Waals surface area contributed by atoms with Crippen LogP contribution in [0.25, 0.3) is 0 Å². The van der Waals surface area contributed by atoms with Crippen LogP contribution in [0.5, 0.6) is 11.5 Å². The van der Waals surface area contributed by atoms with Crippen molar-refractivity contribution < 1.29 is 27.4 Å². The van der Waals surface area contributed by atoms with Crippen LogP contribution in [0.1, 0.15) is 52.0 Å². The highest BCUT2D eigenvalue weighted by atomic mass is 32.2. The number of carbonyl (C=O) groups excluding carboxylic acids is 1. The Balaban J connectivity index is 1.87. The van der Waals surface area contributed by atoms with Crippen molar-refractivity contribution in [3.8, 4) is 11.5 Å². The number of carbonyl (C=O) groups is 1. The predicted octanol–water partition coefficient (Wildman–Crippen LogP) is 6.68. The molecule has 3 aromatic carbocycles. The predicted molar refractivity (Wildman–Crippen MR) is 154 cm³/mol. The van der Waals surface area contributed by atoms with Gasteiger partial charge in [0.25, 0.3) is 0 Å². The first-order valence-electron chi connectivity index (χ1n) is 13.4. The summed E-state index contributed by atoms with van der Waals surface area (Å²) in [5.74, 6) is -0.188. The first-order valence-corrected chi connectivity index (χ1v) is 15.0. The lowest BCUT2D eigenvalue weighted by Crippen LogP contribution is -2.40. The van der Waals surface area contributed by atoms with Crippen molar-refractivity contribution in [3.05, 3.63) is 90.5 Å². The lowest BCUT2D eigenvalue weighted by Gasteiger charge is -2.29. The Hall–Kier alpha value is -3.32. The average Bonchev–Trinajstić information content (AvgIpc) is 2.92. The number of rotatable bonds is 14. The van der Waals surface area contributed by atoms with Crippen molar-refractivity contribution in [2.24, 2.45) is 5.92 Å². The topological polar surface area (TPSA) is 78.9 Å². The van der Waals surface area contributed by atoms with Gasteiger partial charge in [-0.2, -0.15) is 0 Å². The molecular formula is C32H40O6S. The van der Waals surface area contributed by atoms with E-state index in [4.69, 9.17) is 14.2 Å². The van der Waals surface area contributed by atoms with E-state index in [1.54, 1.807) is 32.9 Å². The lowest BCUT2D eigenvalue weighted by atomic mass is 9.96. The highest BCUT2D eigenvalue weighted by Gasteiger charge is 2.40. The molecule has 0 spiro atoms. The lowest BCUT2D eigenvalue weighted by molar-refractivity contribution is -0.160. The quantitative estimate of drug-likeness (QED) is 0.164. The van der Waals surface area contributed by atoms with Gasteiger partial charge < -0.3 is 14.2 Å². The number of esters is 1. The van der Waals surface area contributed by atoms with E-state index in [1.165, 1.54) is 24.8 Å². The first-order chi connectivity index (χ1) is 18.6. The van der Waals surface area contributed by atoms with E-state index in [-0.39, 0.29) is 17.9 Å². The summed E-state index contributed by atoms with van der Waals surface area (Å²) in [5, 5.41) is -0.962. The molecule has 0 amide bonds. The summed E-state index contributed by atoms with van der Waals surface area (Å²) < 4.78 is 44.9. The van der Waals surface area contributed by atoms with Gasteiger partial charge in [0.15, 0.2) is 9.84 Å². The fourth-order valence-corrected chi connectivity index (χ4v) is 6.51. The zero-order valence-corrected chi connectivity index (χ0v) is 24.2. The van der Waals surface area contributed by atoms with Crippen molar-refractivity contribution in [2.75, 3.05) is 13.7 Å². The van der Waals surface area contributed by atoms with Crippen LogP contribution < -0.4 is 9.47 Å². The number of sulfone groups is 1. The summed E-state index contributed by atoms with van der Waals surface area (Å²) >= 11 is 0. The van der Waals surface area contributed by atoms with Crippen LogP contribution in [0.15, 0.2) is 89.8 Å². The van der Waals surface area contributed by atoms with Gasteiger partial charge in [-0.25, -0.2) is 8.42 Å². The van der Waals surface area contributed by atoms with Gasteiger partial charge in [0, 0.05) is 0 Å². The third kappa shape index (κ3) is 9.43. The number of aryl methyl sites for hydroxylation is 1. The largest absolute Gasteiger partial charge is 0.497 e. The summed E-state index contributed by atoms with van der Waals surface area (Å²) in [6, 6.07) is 25.7. The van der Waals surface area contributed by atoms with Crippen molar-refractivity contribution in [3.63, 3.8) is 0 Å². The Labute approximate surface area is 233 Å². The third-order valence-corrected chi connectivity index (χ3v) is 8.72. The number of benzene rings is 3. The molecule has 0 unspecified atom stereocenters. The molecule has 0 aliphatic heterocycles. The number of ether oxygens (including phenoxy) is 3. The van der Waals surface area contributed by atoms with Gasteiger partial charge in [0.05, 0.1) is 29.8 Å². The Morgan fingerprint density at radius 2 is 1.41 bits per heavy atom. The van der Waals surface area contributed by atoms with Crippen molar-refractivity contribution in [2.45, 2.75) is 68.6 Å². The Morgan fingerprint density at radius 3 is 2.00 bits per heavy atom. The summed E-state index contributed by atoms with van der Waals surface area (Å²) in [4.78, 5) is 13.7. The molecule has 2 atom stereocenters.